The van der Waals surface area contributed by atoms with Crippen LogP contribution in [-0.2, 0) is 7.05 Å². The summed E-state index contributed by atoms with van der Waals surface area (Å²) in [6.07, 6.45) is 7.18. The average molecular weight is 300 g/mol. The lowest BCUT2D eigenvalue weighted by Gasteiger charge is -2.38. The summed E-state index contributed by atoms with van der Waals surface area (Å²) < 4.78 is 1.84. The first-order valence-electron chi connectivity index (χ1n) is 8.38. The summed E-state index contributed by atoms with van der Waals surface area (Å²) in [6.45, 7) is 6.68. The number of piperidine rings is 1. The van der Waals surface area contributed by atoms with Crippen molar-refractivity contribution in [3.05, 3.63) is 12.0 Å². The molecule has 0 aromatic carbocycles. The van der Waals surface area contributed by atoms with Crippen LogP contribution < -0.4 is 4.90 Å². The van der Waals surface area contributed by atoms with Crippen LogP contribution in [0.25, 0.3) is 11.0 Å². The number of aryl methyl sites for hydroxylation is 2. The van der Waals surface area contributed by atoms with Crippen LogP contribution in [0.15, 0.2) is 6.20 Å². The minimum atomic E-state index is 0.679. The Kier molecular flexibility index (Phi) is 3.48. The van der Waals surface area contributed by atoms with E-state index in [9.17, 15) is 0 Å². The fourth-order valence-electron chi connectivity index (χ4n) is 3.91. The van der Waals surface area contributed by atoms with Gasteiger partial charge in [0.1, 0.15) is 11.6 Å². The first-order valence-corrected chi connectivity index (χ1v) is 8.38. The van der Waals surface area contributed by atoms with Crippen molar-refractivity contribution in [2.75, 3.05) is 31.1 Å². The zero-order chi connectivity index (χ0) is 15.1. The topological polar surface area (TPSA) is 50.1 Å². The van der Waals surface area contributed by atoms with Gasteiger partial charge < -0.3 is 4.90 Å². The molecule has 0 N–H and O–H groups in total. The first-order chi connectivity index (χ1) is 10.7. The van der Waals surface area contributed by atoms with Gasteiger partial charge in [0.15, 0.2) is 5.65 Å². The molecule has 2 aliphatic heterocycles. The van der Waals surface area contributed by atoms with Gasteiger partial charge in [-0.25, -0.2) is 9.97 Å². The molecule has 0 bridgehead atoms. The minimum Gasteiger partial charge on any atom is -0.354 e. The van der Waals surface area contributed by atoms with E-state index in [1.165, 1.54) is 38.8 Å². The van der Waals surface area contributed by atoms with E-state index in [1.54, 1.807) is 0 Å². The number of anilines is 1. The summed E-state index contributed by atoms with van der Waals surface area (Å²) >= 11 is 0. The van der Waals surface area contributed by atoms with Crippen molar-refractivity contribution in [3.8, 4) is 0 Å². The monoisotopic (exact) mass is 300 g/mol. The molecule has 6 nitrogen and oxygen atoms in total. The number of nitrogens with zero attached hydrogens (tertiary/aromatic N) is 6. The predicted octanol–water partition coefficient (Wildman–Crippen LogP) is 1.74. The second-order valence-corrected chi connectivity index (χ2v) is 6.59. The van der Waals surface area contributed by atoms with Gasteiger partial charge in [0, 0.05) is 26.2 Å². The Morgan fingerprint density at radius 3 is 2.73 bits per heavy atom. The van der Waals surface area contributed by atoms with Crippen molar-refractivity contribution in [2.24, 2.45) is 7.05 Å². The maximum Gasteiger partial charge on any atom is 0.163 e. The summed E-state index contributed by atoms with van der Waals surface area (Å²) in [5, 5.41) is 5.44. The molecule has 0 amide bonds. The molecule has 22 heavy (non-hydrogen) atoms. The smallest absolute Gasteiger partial charge is 0.163 e. The highest BCUT2D eigenvalue weighted by molar-refractivity contribution is 5.87. The zero-order valence-electron chi connectivity index (χ0n) is 13.5. The third-order valence-electron chi connectivity index (χ3n) is 5.04. The minimum absolute atomic E-state index is 0.679. The van der Waals surface area contributed by atoms with Gasteiger partial charge in [-0.3, -0.25) is 9.58 Å². The molecule has 2 aromatic rings. The Balaban J connectivity index is 1.66. The Hall–Kier alpha value is -1.69. The van der Waals surface area contributed by atoms with Crippen LogP contribution in [0.1, 0.15) is 31.5 Å². The van der Waals surface area contributed by atoms with Gasteiger partial charge in [-0.1, -0.05) is 0 Å². The van der Waals surface area contributed by atoms with Crippen LogP contribution in [0, 0.1) is 6.92 Å². The molecule has 2 aromatic heterocycles. The van der Waals surface area contributed by atoms with Crippen LogP contribution in [0.2, 0.25) is 0 Å². The molecule has 0 saturated carbocycles. The summed E-state index contributed by atoms with van der Waals surface area (Å²) in [4.78, 5) is 14.4. The van der Waals surface area contributed by atoms with E-state index in [1.807, 2.05) is 24.9 Å². The van der Waals surface area contributed by atoms with Crippen molar-refractivity contribution in [2.45, 2.75) is 38.6 Å². The lowest BCUT2D eigenvalue weighted by atomic mass is 10.0. The van der Waals surface area contributed by atoms with Crippen molar-refractivity contribution >= 4 is 16.9 Å². The van der Waals surface area contributed by atoms with Gasteiger partial charge in [0.2, 0.25) is 0 Å². The van der Waals surface area contributed by atoms with E-state index in [0.29, 0.717) is 6.04 Å². The molecule has 4 heterocycles. The lowest BCUT2D eigenvalue weighted by molar-refractivity contribution is 0.215. The van der Waals surface area contributed by atoms with E-state index in [0.717, 1.165) is 35.8 Å². The number of likely N-dealkylation sites (tertiary alicyclic amines) is 1. The Morgan fingerprint density at radius 1 is 1.09 bits per heavy atom. The van der Waals surface area contributed by atoms with Gasteiger partial charge in [-0.05, 0) is 45.7 Å². The number of fused-ring (bicyclic) bond motifs is 1. The summed E-state index contributed by atoms with van der Waals surface area (Å²) in [6, 6.07) is 0.679. The summed E-state index contributed by atoms with van der Waals surface area (Å²) in [5.41, 5.74) is 0.936. The number of aromatic nitrogens is 4. The first kappa shape index (κ1) is 13.9. The molecule has 4 rings (SSSR count). The van der Waals surface area contributed by atoms with Crippen LogP contribution in [-0.4, -0.2) is 56.9 Å². The van der Waals surface area contributed by atoms with E-state index in [4.69, 9.17) is 4.98 Å². The van der Waals surface area contributed by atoms with Crippen molar-refractivity contribution in [1.82, 2.24) is 24.6 Å². The Bertz CT molecular complexity index is 673. The molecule has 1 unspecified atom stereocenters. The standard InChI is InChI=1S/C16H24N6/c1-12-18-15-14(10-17-20(15)2)16(19-12)22-9-5-6-13(11-22)21-7-3-4-8-21/h10,13H,3-9,11H2,1-2H3. The number of hydrogen-bond acceptors (Lipinski definition) is 5. The fourth-order valence-corrected chi connectivity index (χ4v) is 3.91. The average Bonchev–Trinajstić information content (AvgIpc) is 3.18. The Morgan fingerprint density at radius 2 is 1.91 bits per heavy atom. The zero-order valence-corrected chi connectivity index (χ0v) is 13.5. The van der Waals surface area contributed by atoms with E-state index in [-0.39, 0.29) is 0 Å². The largest absolute Gasteiger partial charge is 0.354 e. The molecule has 2 fully saturated rings. The fraction of sp³-hybridized carbons (Fsp3) is 0.688. The van der Waals surface area contributed by atoms with Gasteiger partial charge in [0.05, 0.1) is 11.6 Å². The molecular formula is C16H24N6. The van der Waals surface area contributed by atoms with Crippen LogP contribution in [0.5, 0.6) is 0 Å². The van der Waals surface area contributed by atoms with E-state index >= 15 is 0 Å². The molecule has 0 radical (unpaired) electrons. The second kappa shape index (κ2) is 5.50. The van der Waals surface area contributed by atoms with E-state index < -0.39 is 0 Å². The quantitative estimate of drug-likeness (QED) is 0.845. The summed E-state index contributed by atoms with van der Waals surface area (Å²) in [5.74, 6) is 1.90. The van der Waals surface area contributed by atoms with Gasteiger partial charge >= 0.3 is 0 Å². The van der Waals surface area contributed by atoms with Crippen molar-refractivity contribution < 1.29 is 0 Å². The molecule has 118 valence electrons. The third-order valence-corrected chi connectivity index (χ3v) is 5.04. The molecule has 2 aliphatic rings. The molecule has 1 atom stereocenters. The van der Waals surface area contributed by atoms with Crippen LogP contribution in [0.4, 0.5) is 5.82 Å². The van der Waals surface area contributed by atoms with Crippen molar-refractivity contribution in [1.29, 1.82) is 0 Å². The third kappa shape index (κ3) is 2.35. The number of rotatable bonds is 2. The lowest BCUT2D eigenvalue weighted by Crippen LogP contribution is -2.47. The SMILES string of the molecule is Cc1nc(N2CCCC(N3CCCC3)C2)c2cnn(C)c2n1. The molecule has 0 aliphatic carbocycles. The summed E-state index contributed by atoms with van der Waals surface area (Å²) in [7, 11) is 1.95. The highest BCUT2D eigenvalue weighted by Gasteiger charge is 2.28. The van der Waals surface area contributed by atoms with Crippen LogP contribution in [0.3, 0.4) is 0 Å². The van der Waals surface area contributed by atoms with Crippen molar-refractivity contribution in [3.63, 3.8) is 0 Å². The Labute approximate surface area is 131 Å². The molecule has 0 spiro atoms. The maximum atomic E-state index is 4.74. The predicted molar refractivity (Wildman–Crippen MR) is 87.1 cm³/mol. The highest BCUT2D eigenvalue weighted by Crippen LogP contribution is 2.28. The second-order valence-electron chi connectivity index (χ2n) is 6.59. The van der Waals surface area contributed by atoms with Gasteiger partial charge in [-0.2, -0.15) is 5.10 Å². The molecule has 6 heteroatoms. The van der Waals surface area contributed by atoms with Crippen LogP contribution >= 0.6 is 0 Å². The number of hydrogen-bond donors (Lipinski definition) is 0. The van der Waals surface area contributed by atoms with Gasteiger partial charge in [0.25, 0.3) is 0 Å². The molecular weight excluding hydrogens is 276 g/mol. The van der Waals surface area contributed by atoms with E-state index in [2.05, 4.69) is 19.9 Å². The highest BCUT2D eigenvalue weighted by atomic mass is 15.3. The normalized spacial score (nSPS) is 23.5. The molecule has 2 saturated heterocycles. The maximum absolute atomic E-state index is 4.74. The van der Waals surface area contributed by atoms with Gasteiger partial charge in [-0.15, -0.1) is 0 Å².